The van der Waals surface area contributed by atoms with E-state index in [1.165, 1.54) is 9.80 Å². The van der Waals surface area contributed by atoms with Crippen LogP contribution in [0.25, 0.3) is 0 Å². The van der Waals surface area contributed by atoms with Crippen molar-refractivity contribution in [2.24, 2.45) is 0 Å². The number of rotatable bonds is 6. The van der Waals surface area contributed by atoms with Gasteiger partial charge in [-0.05, 0) is 25.7 Å². The number of carbonyl (C=O) groups excluding carboxylic acids is 3. The highest BCUT2D eigenvalue weighted by atomic mass is 16.5. The van der Waals surface area contributed by atoms with Gasteiger partial charge >= 0.3 is 6.03 Å². The lowest BCUT2D eigenvalue weighted by molar-refractivity contribution is -0.135. The molecule has 0 radical (unpaired) electrons. The first-order chi connectivity index (χ1) is 12.0. The largest absolute Gasteiger partial charge is 0.361 e. The van der Waals surface area contributed by atoms with Crippen molar-refractivity contribution in [1.29, 1.82) is 0 Å². The van der Waals surface area contributed by atoms with Crippen molar-refractivity contribution >= 4 is 17.8 Å². The van der Waals surface area contributed by atoms with Crippen molar-refractivity contribution in [3.05, 3.63) is 17.0 Å². The van der Waals surface area contributed by atoms with Crippen LogP contribution in [-0.4, -0.2) is 52.4 Å². The van der Waals surface area contributed by atoms with E-state index in [0.29, 0.717) is 19.5 Å². The van der Waals surface area contributed by atoms with Crippen molar-refractivity contribution in [2.45, 2.75) is 58.0 Å². The van der Waals surface area contributed by atoms with Crippen LogP contribution in [0.15, 0.2) is 4.52 Å². The van der Waals surface area contributed by atoms with Crippen molar-refractivity contribution in [1.82, 2.24) is 20.3 Å². The maximum absolute atomic E-state index is 12.5. The molecule has 3 rings (SSSR count). The normalized spacial score (nSPS) is 19.8. The first kappa shape index (κ1) is 17.4. The SMILES string of the molecule is CCCN1C(=O)NC(CC(=O)N(C)Cc2noc3c2CCCC3)C1=O. The molecule has 1 aliphatic heterocycles. The maximum Gasteiger partial charge on any atom is 0.324 e. The van der Waals surface area contributed by atoms with E-state index < -0.39 is 12.1 Å². The van der Waals surface area contributed by atoms with E-state index >= 15 is 0 Å². The second-order valence-corrected chi connectivity index (χ2v) is 6.68. The van der Waals surface area contributed by atoms with Gasteiger partial charge in [-0.25, -0.2) is 4.79 Å². The van der Waals surface area contributed by atoms with Crippen molar-refractivity contribution in [2.75, 3.05) is 13.6 Å². The summed E-state index contributed by atoms with van der Waals surface area (Å²) in [6.07, 6.45) is 4.69. The number of aryl methyl sites for hydroxylation is 1. The highest BCUT2D eigenvalue weighted by Gasteiger charge is 2.39. The second-order valence-electron chi connectivity index (χ2n) is 6.68. The molecule has 25 heavy (non-hydrogen) atoms. The summed E-state index contributed by atoms with van der Waals surface area (Å²) in [6, 6.07) is -1.20. The van der Waals surface area contributed by atoms with Gasteiger partial charge in [0.1, 0.15) is 17.5 Å². The zero-order valence-electron chi connectivity index (χ0n) is 14.7. The minimum Gasteiger partial charge on any atom is -0.361 e. The second kappa shape index (κ2) is 7.25. The predicted molar refractivity (Wildman–Crippen MR) is 88.6 cm³/mol. The molecule has 0 spiro atoms. The fraction of sp³-hybridized carbons (Fsp3) is 0.647. The standard InChI is InChI=1S/C17H24N4O4/c1-3-8-21-16(23)12(18-17(21)24)9-15(22)20(2)10-13-11-6-4-5-7-14(11)25-19-13/h12H,3-10H2,1-2H3,(H,18,24). The third kappa shape index (κ3) is 3.52. The van der Waals surface area contributed by atoms with Gasteiger partial charge in [0.05, 0.1) is 13.0 Å². The van der Waals surface area contributed by atoms with Crippen LogP contribution in [0.1, 0.15) is 49.6 Å². The van der Waals surface area contributed by atoms with E-state index in [0.717, 1.165) is 42.7 Å². The molecule has 1 unspecified atom stereocenters. The lowest BCUT2D eigenvalue weighted by Crippen LogP contribution is -2.37. The molecule has 4 amide bonds. The van der Waals surface area contributed by atoms with Crippen LogP contribution in [0.5, 0.6) is 0 Å². The Balaban J connectivity index is 1.59. The van der Waals surface area contributed by atoms with E-state index in [1.807, 2.05) is 6.92 Å². The summed E-state index contributed by atoms with van der Waals surface area (Å²) in [6.45, 7) is 2.62. The molecule has 8 nitrogen and oxygen atoms in total. The van der Waals surface area contributed by atoms with Crippen LogP contribution in [0.2, 0.25) is 0 Å². The number of urea groups is 1. The molecule has 136 valence electrons. The Morgan fingerprint density at radius 2 is 2.12 bits per heavy atom. The van der Waals surface area contributed by atoms with Gasteiger partial charge in [0, 0.05) is 25.6 Å². The van der Waals surface area contributed by atoms with Gasteiger partial charge in [-0.15, -0.1) is 0 Å². The number of imide groups is 1. The molecule has 2 aliphatic rings. The molecule has 1 aliphatic carbocycles. The summed E-state index contributed by atoms with van der Waals surface area (Å²) >= 11 is 0. The van der Waals surface area contributed by atoms with Gasteiger partial charge in [-0.2, -0.15) is 0 Å². The van der Waals surface area contributed by atoms with E-state index in [9.17, 15) is 14.4 Å². The smallest absolute Gasteiger partial charge is 0.324 e. The summed E-state index contributed by atoms with van der Waals surface area (Å²) < 4.78 is 5.37. The van der Waals surface area contributed by atoms with Crippen molar-refractivity contribution in [3.63, 3.8) is 0 Å². The fourth-order valence-corrected chi connectivity index (χ4v) is 3.37. The minimum absolute atomic E-state index is 0.0403. The average Bonchev–Trinajstić information content (AvgIpc) is 3.11. The Labute approximate surface area is 146 Å². The molecule has 0 saturated carbocycles. The van der Waals surface area contributed by atoms with Crippen LogP contribution in [-0.2, 0) is 29.0 Å². The van der Waals surface area contributed by atoms with Crippen LogP contribution < -0.4 is 5.32 Å². The Morgan fingerprint density at radius 3 is 2.88 bits per heavy atom. The summed E-state index contributed by atoms with van der Waals surface area (Å²) in [5, 5.41) is 6.69. The Bertz CT molecular complexity index is 684. The van der Waals surface area contributed by atoms with Crippen LogP contribution in [0.3, 0.4) is 0 Å². The number of nitrogens with one attached hydrogen (secondary N) is 1. The number of carbonyl (C=O) groups is 3. The first-order valence-corrected chi connectivity index (χ1v) is 8.83. The average molecular weight is 348 g/mol. The van der Waals surface area contributed by atoms with E-state index in [1.54, 1.807) is 7.05 Å². The first-order valence-electron chi connectivity index (χ1n) is 8.83. The number of hydrogen-bond acceptors (Lipinski definition) is 5. The monoisotopic (exact) mass is 348 g/mol. The molecular weight excluding hydrogens is 324 g/mol. The molecule has 1 atom stereocenters. The van der Waals surface area contributed by atoms with Crippen LogP contribution >= 0.6 is 0 Å². The Hall–Kier alpha value is -2.38. The number of nitrogens with zero attached hydrogens (tertiary/aromatic N) is 3. The summed E-state index contributed by atoms with van der Waals surface area (Å²) in [7, 11) is 1.68. The lowest BCUT2D eigenvalue weighted by atomic mass is 9.96. The molecule has 1 N–H and O–H groups in total. The third-order valence-corrected chi connectivity index (χ3v) is 4.78. The molecule has 1 aromatic heterocycles. The van der Waals surface area contributed by atoms with Gasteiger partial charge in [0.15, 0.2) is 0 Å². The Morgan fingerprint density at radius 1 is 1.36 bits per heavy atom. The number of amides is 4. The van der Waals surface area contributed by atoms with Crippen molar-refractivity contribution < 1.29 is 18.9 Å². The van der Waals surface area contributed by atoms with E-state index in [4.69, 9.17) is 4.52 Å². The molecule has 0 bridgehead atoms. The maximum atomic E-state index is 12.5. The zero-order valence-corrected chi connectivity index (χ0v) is 14.7. The number of aromatic nitrogens is 1. The van der Waals surface area contributed by atoms with Crippen LogP contribution in [0.4, 0.5) is 4.79 Å². The molecule has 1 aromatic rings. The predicted octanol–water partition coefficient (Wildman–Crippen LogP) is 1.23. The highest BCUT2D eigenvalue weighted by molar-refractivity contribution is 6.05. The topological polar surface area (TPSA) is 95.8 Å². The zero-order chi connectivity index (χ0) is 18.0. The van der Waals surface area contributed by atoms with E-state index in [2.05, 4.69) is 10.5 Å². The quantitative estimate of drug-likeness (QED) is 0.780. The minimum atomic E-state index is -0.778. The molecule has 1 fully saturated rings. The van der Waals surface area contributed by atoms with Gasteiger partial charge in [-0.3, -0.25) is 14.5 Å². The van der Waals surface area contributed by atoms with Gasteiger partial charge in [0.25, 0.3) is 5.91 Å². The summed E-state index contributed by atoms with van der Waals surface area (Å²) in [5.74, 6) is 0.396. The Kier molecular flexibility index (Phi) is 5.06. The molecule has 2 heterocycles. The number of hydrogen-bond donors (Lipinski definition) is 1. The molecule has 0 aromatic carbocycles. The summed E-state index contributed by atoms with van der Waals surface area (Å²) in [4.78, 5) is 39.2. The lowest BCUT2D eigenvalue weighted by Gasteiger charge is -2.19. The number of fused-ring (bicyclic) bond motifs is 1. The molecular formula is C17H24N4O4. The van der Waals surface area contributed by atoms with Crippen molar-refractivity contribution in [3.8, 4) is 0 Å². The summed E-state index contributed by atoms with van der Waals surface area (Å²) in [5.41, 5.74) is 1.91. The molecule has 8 heteroatoms. The van der Waals surface area contributed by atoms with Crippen LogP contribution in [0, 0.1) is 0 Å². The van der Waals surface area contributed by atoms with Gasteiger partial charge in [0.2, 0.25) is 5.91 Å². The molecule has 1 saturated heterocycles. The fourth-order valence-electron chi connectivity index (χ4n) is 3.37. The van der Waals surface area contributed by atoms with Gasteiger partial charge < -0.3 is 14.7 Å². The third-order valence-electron chi connectivity index (χ3n) is 4.78. The van der Waals surface area contributed by atoms with E-state index in [-0.39, 0.29) is 18.2 Å². The highest BCUT2D eigenvalue weighted by Crippen LogP contribution is 2.25. The van der Waals surface area contributed by atoms with Gasteiger partial charge in [-0.1, -0.05) is 12.1 Å².